The number of likely N-dealkylation sites (N-methyl/N-ethyl adjacent to an activating group) is 1. The van der Waals surface area contributed by atoms with E-state index < -0.39 is 0 Å². The Balaban J connectivity index is 0.00000220. The molecule has 21 heavy (non-hydrogen) atoms. The van der Waals surface area contributed by atoms with E-state index in [9.17, 15) is 4.79 Å². The molecule has 1 fully saturated rings. The molecule has 2 rings (SSSR count). The van der Waals surface area contributed by atoms with Gasteiger partial charge in [0.15, 0.2) is 0 Å². The Morgan fingerprint density at radius 2 is 2.14 bits per heavy atom. The molecule has 1 aromatic rings. The summed E-state index contributed by atoms with van der Waals surface area (Å²) in [5.41, 5.74) is 0.674. The zero-order valence-corrected chi connectivity index (χ0v) is 14.0. The molecule has 1 saturated heterocycles. The van der Waals surface area contributed by atoms with Crippen molar-refractivity contribution in [1.29, 1.82) is 0 Å². The summed E-state index contributed by atoms with van der Waals surface area (Å²) in [6.45, 7) is 3.83. The van der Waals surface area contributed by atoms with Crippen LogP contribution in [0.1, 0.15) is 19.8 Å². The minimum absolute atomic E-state index is 0. The number of nitrogens with zero attached hydrogens (tertiary/aromatic N) is 1. The second-order valence-electron chi connectivity index (χ2n) is 5.27. The van der Waals surface area contributed by atoms with Gasteiger partial charge in [-0.15, -0.1) is 12.4 Å². The highest BCUT2D eigenvalue weighted by atomic mass is 35.5. The maximum absolute atomic E-state index is 12.3. The van der Waals surface area contributed by atoms with Crippen molar-refractivity contribution in [3.05, 3.63) is 29.3 Å². The minimum atomic E-state index is -0.151. The van der Waals surface area contributed by atoms with Crippen molar-refractivity contribution in [2.24, 2.45) is 0 Å². The van der Waals surface area contributed by atoms with Gasteiger partial charge >= 0.3 is 0 Å². The van der Waals surface area contributed by atoms with Gasteiger partial charge in [-0.3, -0.25) is 9.69 Å². The Bertz CT molecular complexity index is 470. The maximum Gasteiger partial charge on any atom is 0.241 e. The number of nitrogens with one attached hydrogen (secondary N) is 2. The Kier molecular flexibility index (Phi) is 7.46. The highest BCUT2D eigenvalue weighted by molar-refractivity contribution is 6.33. The lowest BCUT2D eigenvalue weighted by Gasteiger charge is -2.35. The number of amides is 1. The fourth-order valence-corrected chi connectivity index (χ4v) is 2.74. The Hall–Kier alpha value is -0.810. The largest absolute Gasteiger partial charge is 0.323 e. The number of likely N-dealkylation sites (tertiary alicyclic amines) is 1. The van der Waals surface area contributed by atoms with E-state index >= 15 is 0 Å². The summed E-state index contributed by atoms with van der Waals surface area (Å²) in [4.78, 5) is 14.5. The van der Waals surface area contributed by atoms with Gasteiger partial charge in [0.1, 0.15) is 0 Å². The molecule has 0 spiro atoms. The molecule has 0 bridgehead atoms. The van der Waals surface area contributed by atoms with E-state index in [1.807, 2.05) is 32.2 Å². The summed E-state index contributed by atoms with van der Waals surface area (Å²) in [5.74, 6) is -0.00477. The van der Waals surface area contributed by atoms with Gasteiger partial charge in [0.2, 0.25) is 5.91 Å². The van der Waals surface area contributed by atoms with Crippen molar-refractivity contribution in [1.82, 2.24) is 10.2 Å². The van der Waals surface area contributed by atoms with Crippen LogP contribution in [0.2, 0.25) is 5.02 Å². The van der Waals surface area contributed by atoms with Crippen LogP contribution in [0.25, 0.3) is 0 Å². The molecular formula is C15H23Cl2N3O. The normalized spacial score (nSPS) is 20.4. The van der Waals surface area contributed by atoms with Crippen LogP contribution < -0.4 is 10.6 Å². The molecule has 2 unspecified atom stereocenters. The number of rotatable bonds is 4. The van der Waals surface area contributed by atoms with E-state index in [1.54, 1.807) is 6.07 Å². The topological polar surface area (TPSA) is 44.4 Å². The van der Waals surface area contributed by atoms with Crippen LogP contribution in [0.15, 0.2) is 24.3 Å². The zero-order chi connectivity index (χ0) is 14.5. The summed E-state index contributed by atoms with van der Waals surface area (Å²) in [7, 11) is 1.97. The van der Waals surface area contributed by atoms with Crippen LogP contribution in [-0.2, 0) is 4.79 Å². The number of carbonyl (C=O) groups excluding carboxylic acids is 1. The lowest BCUT2D eigenvalue weighted by molar-refractivity contribution is -0.121. The van der Waals surface area contributed by atoms with E-state index in [0.717, 1.165) is 19.5 Å². The third-order valence-corrected chi connectivity index (χ3v) is 4.25. The van der Waals surface area contributed by atoms with E-state index in [1.165, 1.54) is 6.42 Å². The maximum atomic E-state index is 12.3. The number of halogens is 2. The van der Waals surface area contributed by atoms with Gasteiger partial charge in [0, 0.05) is 12.6 Å². The smallest absolute Gasteiger partial charge is 0.241 e. The molecule has 0 saturated carbocycles. The molecular weight excluding hydrogens is 309 g/mol. The van der Waals surface area contributed by atoms with Gasteiger partial charge in [0.25, 0.3) is 0 Å². The molecule has 0 radical (unpaired) electrons. The molecule has 4 nitrogen and oxygen atoms in total. The average molecular weight is 332 g/mol. The van der Waals surface area contributed by atoms with Crippen molar-refractivity contribution >= 4 is 35.6 Å². The first-order valence-corrected chi connectivity index (χ1v) is 7.46. The van der Waals surface area contributed by atoms with Crippen molar-refractivity contribution in [3.63, 3.8) is 0 Å². The highest BCUT2D eigenvalue weighted by Gasteiger charge is 2.26. The predicted molar refractivity (Wildman–Crippen MR) is 90.4 cm³/mol. The van der Waals surface area contributed by atoms with Crippen LogP contribution in [0.5, 0.6) is 0 Å². The molecule has 1 aliphatic rings. The second kappa shape index (κ2) is 8.59. The van der Waals surface area contributed by atoms with Crippen molar-refractivity contribution in [2.75, 3.05) is 25.5 Å². The van der Waals surface area contributed by atoms with Crippen LogP contribution >= 0.6 is 24.0 Å². The van der Waals surface area contributed by atoms with Crippen LogP contribution in [0.3, 0.4) is 0 Å². The molecule has 2 atom stereocenters. The van der Waals surface area contributed by atoms with Gasteiger partial charge in [-0.05, 0) is 45.5 Å². The number of anilines is 1. The van der Waals surface area contributed by atoms with E-state index in [2.05, 4.69) is 15.5 Å². The van der Waals surface area contributed by atoms with E-state index in [0.29, 0.717) is 16.8 Å². The third-order valence-electron chi connectivity index (χ3n) is 3.92. The monoisotopic (exact) mass is 331 g/mol. The summed E-state index contributed by atoms with van der Waals surface area (Å²) in [5, 5.41) is 6.77. The third kappa shape index (κ3) is 4.85. The molecule has 0 aliphatic carbocycles. The minimum Gasteiger partial charge on any atom is -0.323 e. The summed E-state index contributed by atoms with van der Waals surface area (Å²) in [6, 6.07) is 7.63. The lowest BCUT2D eigenvalue weighted by atomic mass is 10.0. The van der Waals surface area contributed by atoms with Gasteiger partial charge in [-0.2, -0.15) is 0 Å². The van der Waals surface area contributed by atoms with Crippen LogP contribution in [0, 0.1) is 0 Å². The molecule has 1 heterocycles. The fraction of sp³-hybridized carbons (Fsp3) is 0.533. The van der Waals surface area contributed by atoms with Gasteiger partial charge in [-0.25, -0.2) is 0 Å². The number of hydrogen-bond donors (Lipinski definition) is 2. The molecule has 1 aliphatic heterocycles. The Labute approximate surface area is 137 Å². The number of carbonyl (C=O) groups is 1. The average Bonchev–Trinajstić information content (AvgIpc) is 2.48. The Morgan fingerprint density at radius 1 is 1.43 bits per heavy atom. The van der Waals surface area contributed by atoms with Crippen LogP contribution in [-0.4, -0.2) is 43.0 Å². The zero-order valence-electron chi connectivity index (χ0n) is 12.4. The van der Waals surface area contributed by atoms with Crippen molar-refractivity contribution in [3.8, 4) is 0 Å². The molecule has 118 valence electrons. The molecule has 1 amide bonds. The Morgan fingerprint density at radius 3 is 2.81 bits per heavy atom. The van der Waals surface area contributed by atoms with Crippen LogP contribution in [0.4, 0.5) is 5.69 Å². The summed E-state index contributed by atoms with van der Waals surface area (Å²) < 4.78 is 0. The highest BCUT2D eigenvalue weighted by Crippen LogP contribution is 2.21. The van der Waals surface area contributed by atoms with E-state index in [-0.39, 0.29) is 24.4 Å². The molecule has 2 N–H and O–H groups in total. The first-order valence-electron chi connectivity index (χ1n) is 7.08. The molecule has 6 heteroatoms. The van der Waals surface area contributed by atoms with Gasteiger partial charge in [0.05, 0.1) is 16.8 Å². The van der Waals surface area contributed by atoms with Gasteiger partial charge < -0.3 is 10.6 Å². The first kappa shape index (κ1) is 18.2. The van der Waals surface area contributed by atoms with E-state index in [4.69, 9.17) is 11.6 Å². The standard InChI is InChI=1S/C15H22ClN3O.ClH/c1-11(19-9-5-6-12(10-19)17-2)15(20)18-14-8-4-3-7-13(14)16;/h3-4,7-8,11-12,17H,5-6,9-10H2,1-2H3,(H,18,20);1H. The van der Waals surface area contributed by atoms with Gasteiger partial charge in [-0.1, -0.05) is 23.7 Å². The number of para-hydroxylation sites is 1. The molecule has 0 aromatic heterocycles. The van der Waals surface area contributed by atoms with Crippen molar-refractivity contribution in [2.45, 2.75) is 31.8 Å². The fourth-order valence-electron chi connectivity index (χ4n) is 2.56. The predicted octanol–water partition coefficient (Wildman–Crippen LogP) is 2.77. The SMILES string of the molecule is CNC1CCCN(C(C)C(=O)Nc2ccccc2Cl)C1.Cl. The van der Waals surface area contributed by atoms with Crippen molar-refractivity contribution < 1.29 is 4.79 Å². The molecule has 1 aromatic carbocycles. The lowest BCUT2D eigenvalue weighted by Crippen LogP contribution is -2.51. The second-order valence-corrected chi connectivity index (χ2v) is 5.68. The number of piperidine rings is 1. The summed E-state index contributed by atoms with van der Waals surface area (Å²) >= 11 is 6.07. The number of hydrogen-bond acceptors (Lipinski definition) is 3. The first-order chi connectivity index (χ1) is 9.61. The summed E-state index contributed by atoms with van der Waals surface area (Å²) in [6.07, 6.45) is 2.29. The quantitative estimate of drug-likeness (QED) is 0.891. The number of benzene rings is 1.